The quantitative estimate of drug-likeness (QED) is 0.320. The van der Waals surface area contributed by atoms with Crippen molar-refractivity contribution in [1.82, 2.24) is 14.9 Å². The molecule has 0 saturated carbocycles. The topological polar surface area (TPSA) is 83.8 Å². The average molecular weight is 520 g/mol. The monoisotopic (exact) mass is 519 g/mol. The molecule has 1 fully saturated rings. The van der Waals surface area contributed by atoms with E-state index in [1.165, 1.54) is 11.3 Å². The van der Waals surface area contributed by atoms with Crippen LogP contribution in [0.1, 0.15) is 33.9 Å². The summed E-state index contributed by atoms with van der Waals surface area (Å²) in [6, 6.07) is 17.1. The lowest BCUT2D eigenvalue weighted by Crippen LogP contribution is -2.34. The third-order valence-corrected chi connectivity index (χ3v) is 7.10. The Kier molecular flexibility index (Phi) is 7.43. The molecule has 4 aromatic rings. The first-order valence-corrected chi connectivity index (χ1v) is 12.9. The normalized spacial score (nSPS) is 14.9. The van der Waals surface area contributed by atoms with Crippen molar-refractivity contribution < 1.29 is 23.7 Å². The van der Waals surface area contributed by atoms with E-state index in [1.807, 2.05) is 71.5 Å². The summed E-state index contributed by atoms with van der Waals surface area (Å²) in [6.45, 7) is 2.95. The number of hydrogen-bond donors (Lipinski definition) is 1. The largest absolute Gasteiger partial charge is 0.497 e. The Morgan fingerprint density at radius 3 is 2.41 bits per heavy atom. The molecule has 0 bridgehead atoms. The Labute approximate surface area is 219 Å². The molecular weight excluding hydrogens is 490 g/mol. The molecule has 2 aromatic carbocycles. The fourth-order valence-corrected chi connectivity index (χ4v) is 5.02. The second kappa shape index (κ2) is 11.1. The minimum atomic E-state index is -0.249. The Morgan fingerprint density at radius 2 is 1.76 bits per heavy atom. The van der Waals surface area contributed by atoms with Crippen molar-refractivity contribution >= 4 is 17.2 Å². The molecule has 37 heavy (non-hydrogen) atoms. The number of benzene rings is 2. The summed E-state index contributed by atoms with van der Waals surface area (Å²) in [5, 5.41) is 5.83. The van der Waals surface area contributed by atoms with Gasteiger partial charge in [0, 0.05) is 23.4 Å². The van der Waals surface area contributed by atoms with Gasteiger partial charge in [-0.15, -0.1) is 11.3 Å². The van der Waals surface area contributed by atoms with Gasteiger partial charge in [0.15, 0.2) is 0 Å². The number of aromatic nitrogens is 2. The first-order chi connectivity index (χ1) is 18.1. The summed E-state index contributed by atoms with van der Waals surface area (Å²) < 4.78 is 24.1. The van der Waals surface area contributed by atoms with Gasteiger partial charge in [-0.05, 0) is 74.4 Å². The van der Waals surface area contributed by atoms with Gasteiger partial charge in [0.2, 0.25) is 0 Å². The number of carbonyl (C=O) groups excluding carboxylic acids is 1. The number of nitrogens with zero attached hydrogens (tertiary/aromatic N) is 2. The van der Waals surface area contributed by atoms with Crippen LogP contribution in [0, 0.1) is 6.92 Å². The van der Waals surface area contributed by atoms with Gasteiger partial charge in [0.25, 0.3) is 5.91 Å². The molecule has 0 spiro atoms. The number of carbonyl (C=O) groups is 1. The lowest BCUT2D eigenvalue weighted by Gasteiger charge is -2.13. The van der Waals surface area contributed by atoms with Crippen LogP contribution < -0.4 is 19.5 Å². The van der Waals surface area contributed by atoms with Gasteiger partial charge in [0.05, 0.1) is 31.2 Å². The van der Waals surface area contributed by atoms with Crippen molar-refractivity contribution in [3.05, 3.63) is 76.2 Å². The smallest absolute Gasteiger partial charge is 0.255 e. The molecule has 0 radical (unpaired) electrons. The fourth-order valence-electron chi connectivity index (χ4n) is 4.32. The van der Waals surface area contributed by atoms with Crippen molar-refractivity contribution in [2.45, 2.75) is 32.6 Å². The number of methoxy groups -OCH3 is 2. The number of thiazole rings is 1. The molecule has 192 valence electrons. The summed E-state index contributed by atoms with van der Waals surface area (Å²) >= 11 is 1.52. The first kappa shape index (κ1) is 24.9. The number of ether oxygens (including phenoxy) is 4. The molecule has 3 heterocycles. The summed E-state index contributed by atoms with van der Waals surface area (Å²) in [5.74, 6) is 2.12. The summed E-state index contributed by atoms with van der Waals surface area (Å²) in [4.78, 5) is 18.0. The van der Waals surface area contributed by atoms with E-state index in [0.29, 0.717) is 18.8 Å². The zero-order valence-corrected chi connectivity index (χ0v) is 21.8. The predicted octanol–water partition coefficient (Wildman–Crippen LogP) is 5.37. The molecule has 8 nitrogen and oxygen atoms in total. The maximum absolute atomic E-state index is 13.2. The highest BCUT2D eigenvalue weighted by atomic mass is 32.1. The maximum Gasteiger partial charge on any atom is 0.255 e. The van der Waals surface area contributed by atoms with Crippen molar-refractivity contribution in [3.63, 3.8) is 0 Å². The molecule has 1 amide bonds. The van der Waals surface area contributed by atoms with E-state index in [4.69, 9.17) is 23.9 Å². The van der Waals surface area contributed by atoms with Crippen LogP contribution in [0.2, 0.25) is 0 Å². The molecule has 9 heteroatoms. The molecule has 1 aliphatic rings. The minimum absolute atomic E-state index is 0.156. The van der Waals surface area contributed by atoms with E-state index in [1.54, 1.807) is 14.2 Å². The van der Waals surface area contributed by atoms with Gasteiger partial charge in [0.1, 0.15) is 35.1 Å². The molecule has 1 saturated heterocycles. The summed E-state index contributed by atoms with van der Waals surface area (Å²) in [5.41, 5.74) is 3.92. The van der Waals surface area contributed by atoms with Crippen LogP contribution in [0.3, 0.4) is 0 Å². The number of hydrogen-bond acceptors (Lipinski definition) is 7. The minimum Gasteiger partial charge on any atom is -0.497 e. The van der Waals surface area contributed by atoms with Crippen LogP contribution in [-0.4, -0.2) is 42.5 Å². The average Bonchev–Trinajstić information content (AvgIpc) is 3.68. The highest BCUT2D eigenvalue weighted by Gasteiger charge is 2.24. The van der Waals surface area contributed by atoms with E-state index in [2.05, 4.69) is 5.32 Å². The number of nitrogens with one attached hydrogen (secondary N) is 1. The van der Waals surface area contributed by atoms with Crippen LogP contribution in [-0.2, 0) is 11.3 Å². The van der Waals surface area contributed by atoms with Crippen molar-refractivity contribution in [3.8, 4) is 34.3 Å². The molecule has 1 unspecified atom stereocenters. The lowest BCUT2D eigenvalue weighted by atomic mass is 10.2. The van der Waals surface area contributed by atoms with Crippen molar-refractivity contribution in [1.29, 1.82) is 0 Å². The van der Waals surface area contributed by atoms with Crippen molar-refractivity contribution in [2.75, 3.05) is 20.8 Å². The Bertz CT molecular complexity index is 1360. The van der Waals surface area contributed by atoms with E-state index < -0.39 is 0 Å². The second-order valence-corrected chi connectivity index (χ2v) is 9.57. The van der Waals surface area contributed by atoms with E-state index >= 15 is 0 Å². The van der Waals surface area contributed by atoms with Crippen LogP contribution in [0.5, 0.6) is 17.2 Å². The van der Waals surface area contributed by atoms with Gasteiger partial charge in [-0.3, -0.25) is 4.79 Å². The van der Waals surface area contributed by atoms with Gasteiger partial charge < -0.3 is 28.8 Å². The van der Waals surface area contributed by atoms with Crippen LogP contribution in [0.25, 0.3) is 17.1 Å². The van der Waals surface area contributed by atoms with Crippen LogP contribution >= 0.6 is 11.3 Å². The molecule has 1 atom stereocenters. The highest BCUT2D eigenvalue weighted by Crippen LogP contribution is 2.32. The molecule has 2 aromatic heterocycles. The van der Waals surface area contributed by atoms with E-state index in [-0.39, 0.29) is 12.1 Å². The third-order valence-electron chi connectivity index (χ3n) is 6.28. The molecule has 1 aliphatic heterocycles. The van der Waals surface area contributed by atoms with Gasteiger partial charge >= 0.3 is 0 Å². The Balaban J connectivity index is 1.44. The van der Waals surface area contributed by atoms with Gasteiger partial charge in [-0.2, -0.15) is 0 Å². The highest BCUT2D eigenvalue weighted by molar-refractivity contribution is 7.09. The van der Waals surface area contributed by atoms with Crippen molar-refractivity contribution in [2.24, 2.45) is 0 Å². The van der Waals surface area contributed by atoms with Gasteiger partial charge in [-0.25, -0.2) is 4.98 Å². The molecule has 0 aliphatic carbocycles. The number of amides is 1. The van der Waals surface area contributed by atoms with E-state index in [0.717, 1.165) is 57.9 Å². The summed E-state index contributed by atoms with van der Waals surface area (Å²) in [7, 11) is 3.27. The van der Waals surface area contributed by atoms with Crippen LogP contribution in [0.15, 0.2) is 60.0 Å². The predicted molar refractivity (Wildman–Crippen MR) is 142 cm³/mol. The number of rotatable bonds is 9. The molecular formula is C28H29N3O5S. The summed E-state index contributed by atoms with van der Waals surface area (Å²) in [6.07, 6.45) is 1.52. The lowest BCUT2D eigenvalue weighted by molar-refractivity contribution is 0.0639. The molecule has 1 N–H and O–H groups in total. The molecule has 5 rings (SSSR count). The zero-order valence-electron chi connectivity index (χ0n) is 21.0. The third kappa shape index (κ3) is 5.47. The standard InChI is InChI=1S/C28H29N3O5S/c1-18-23(28(32)30-26-5-4-14-35-26)15-25(31(18)19-6-8-20(33-2)9-7-19)24-17-37-27(29-24)16-36-22-12-10-21(34-3)11-13-22/h6-13,15,17,26H,4-5,14,16H2,1-3H3,(H,30,32). The van der Waals surface area contributed by atoms with Crippen LogP contribution in [0.4, 0.5) is 0 Å². The first-order valence-electron chi connectivity index (χ1n) is 12.1. The maximum atomic E-state index is 13.2. The SMILES string of the molecule is COc1ccc(OCc2nc(-c3cc(C(=O)NC4CCCO4)c(C)n3-c3ccc(OC)cc3)cs2)cc1. The zero-order chi connectivity index (χ0) is 25.8. The fraction of sp³-hybridized carbons (Fsp3) is 0.286. The van der Waals surface area contributed by atoms with E-state index in [9.17, 15) is 4.79 Å². The Hall–Kier alpha value is -3.82. The van der Waals surface area contributed by atoms with Gasteiger partial charge in [-0.1, -0.05) is 0 Å². The second-order valence-electron chi connectivity index (χ2n) is 8.63. The Morgan fingerprint density at radius 1 is 1.08 bits per heavy atom.